The molecule has 0 N–H and O–H groups in total. The molecule has 0 aliphatic carbocycles. The Morgan fingerprint density at radius 3 is 2.00 bits per heavy atom. The molecule has 0 bridgehead atoms. The molecule has 0 aromatic carbocycles. The summed E-state index contributed by atoms with van der Waals surface area (Å²) in [6.45, 7) is 5.83. The van der Waals surface area contributed by atoms with Crippen LogP contribution < -0.4 is 0 Å². The zero-order valence-electron chi connectivity index (χ0n) is 6.64. The first kappa shape index (κ1) is 9.69. The predicted octanol–water partition coefficient (Wildman–Crippen LogP) is 2.90. The SMILES string of the molecule is CCC(C)(CC)OC(=O)[S]. The molecule has 0 rings (SSSR count). The molecule has 0 fully saturated rings. The fraction of sp³-hybridized carbons (Fsp3) is 0.857. The first-order valence-corrected chi connectivity index (χ1v) is 3.85. The third-order valence-electron chi connectivity index (χ3n) is 1.83. The number of carbonyl (C=O) groups is 1. The lowest BCUT2D eigenvalue weighted by Crippen LogP contribution is -2.27. The molecule has 2 nitrogen and oxygen atoms in total. The van der Waals surface area contributed by atoms with E-state index in [1.807, 2.05) is 20.8 Å². The van der Waals surface area contributed by atoms with Crippen LogP contribution >= 0.6 is 12.6 Å². The molecule has 0 saturated heterocycles. The molecule has 10 heavy (non-hydrogen) atoms. The number of carbonyl (C=O) groups excluding carboxylic acids is 1. The van der Waals surface area contributed by atoms with Gasteiger partial charge >= 0.3 is 5.30 Å². The largest absolute Gasteiger partial charge is 0.448 e. The Balaban J connectivity index is 3.92. The maximum atomic E-state index is 10.4. The molecule has 0 aliphatic rings. The minimum Gasteiger partial charge on any atom is -0.448 e. The topological polar surface area (TPSA) is 26.3 Å². The van der Waals surface area contributed by atoms with Crippen molar-refractivity contribution >= 4 is 17.9 Å². The summed E-state index contributed by atoms with van der Waals surface area (Å²) in [5.74, 6) is 0. The molecule has 0 aliphatic heterocycles. The summed E-state index contributed by atoms with van der Waals surface area (Å²) in [5.41, 5.74) is -0.348. The molecule has 0 heterocycles. The van der Waals surface area contributed by atoms with Crippen molar-refractivity contribution in [3.8, 4) is 0 Å². The lowest BCUT2D eigenvalue weighted by atomic mass is 10.0. The van der Waals surface area contributed by atoms with Gasteiger partial charge in [0.1, 0.15) is 5.60 Å². The highest BCUT2D eigenvalue weighted by atomic mass is 32.1. The van der Waals surface area contributed by atoms with Gasteiger partial charge in [0.25, 0.3) is 0 Å². The smallest absolute Gasteiger partial charge is 0.400 e. The van der Waals surface area contributed by atoms with Gasteiger partial charge in [-0.2, -0.15) is 0 Å². The second-order valence-corrected chi connectivity index (χ2v) is 2.84. The normalized spacial score (nSPS) is 11.1. The van der Waals surface area contributed by atoms with Crippen LogP contribution in [-0.4, -0.2) is 10.9 Å². The Morgan fingerprint density at radius 2 is 1.90 bits per heavy atom. The Hall–Kier alpha value is -0.310. The highest BCUT2D eigenvalue weighted by molar-refractivity contribution is 7.96. The van der Waals surface area contributed by atoms with E-state index in [0.29, 0.717) is 0 Å². The molecule has 0 unspecified atom stereocenters. The highest BCUT2D eigenvalue weighted by Gasteiger charge is 2.22. The van der Waals surface area contributed by atoms with Crippen molar-refractivity contribution < 1.29 is 9.53 Å². The maximum Gasteiger partial charge on any atom is 0.400 e. The van der Waals surface area contributed by atoms with Gasteiger partial charge in [0, 0.05) is 12.6 Å². The summed E-state index contributed by atoms with van der Waals surface area (Å²) >= 11 is 4.30. The summed E-state index contributed by atoms with van der Waals surface area (Å²) < 4.78 is 4.91. The zero-order valence-corrected chi connectivity index (χ0v) is 7.46. The van der Waals surface area contributed by atoms with Gasteiger partial charge in [0.05, 0.1) is 0 Å². The summed E-state index contributed by atoms with van der Waals surface area (Å²) in [4.78, 5) is 10.4. The summed E-state index contributed by atoms with van der Waals surface area (Å²) in [7, 11) is 0. The number of ether oxygens (including phenoxy) is 1. The zero-order chi connectivity index (χ0) is 8.20. The van der Waals surface area contributed by atoms with Gasteiger partial charge in [0.2, 0.25) is 0 Å². The maximum absolute atomic E-state index is 10.4. The van der Waals surface area contributed by atoms with Crippen LogP contribution in [0.2, 0.25) is 0 Å². The minimum absolute atomic E-state index is 0.348. The second kappa shape index (κ2) is 3.76. The number of rotatable bonds is 3. The van der Waals surface area contributed by atoms with E-state index in [2.05, 4.69) is 12.6 Å². The van der Waals surface area contributed by atoms with E-state index in [0.717, 1.165) is 12.8 Å². The van der Waals surface area contributed by atoms with Gasteiger partial charge < -0.3 is 4.74 Å². The quantitative estimate of drug-likeness (QED) is 0.595. The van der Waals surface area contributed by atoms with Crippen LogP contribution in [0, 0.1) is 0 Å². The number of hydrogen-bond donors (Lipinski definition) is 0. The van der Waals surface area contributed by atoms with E-state index >= 15 is 0 Å². The van der Waals surface area contributed by atoms with Gasteiger partial charge in [-0.15, -0.1) is 0 Å². The van der Waals surface area contributed by atoms with Crippen LogP contribution in [-0.2, 0) is 4.74 Å². The van der Waals surface area contributed by atoms with Crippen LogP contribution in [0.25, 0.3) is 0 Å². The van der Waals surface area contributed by atoms with Crippen LogP contribution in [0.5, 0.6) is 0 Å². The van der Waals surface area contributed by atoms with Crippen LogP contribution in [0.4, 0.5) is 4.79 Å². The van der Waals surface area contributed by atoms with Gasteiger partial charge in [0.15, 0.2) is 0 Å². The Labute approximate surface area is 67.4 Å². The molecule has 3 heteroatoms. The molecular formula is C7H13O2S. The minimum atomic E-state index is -0.605. The van der Waals surface area contributed by atoms with Gasteiger partial charge in [-0.25, -0.2) is 4.79 Å². The van der Waals surface area contributed by atoms with Crippen molar-refractivity contribution in [3.63, 3.8) is 0 Å². The van der Waals surface area contributed by atoms with Gasteiger partial charge in [-0.3, -0.25) is 0 Å². The van der Waals surface area contributed by atoms with E-state index in [-0.39, 0.29) is 5.60 Å². The fourth-order valence-electron chi connectivity index (χ4n) is 0.596. The lowest BCUT2D eigenvalue weighted by molar-refractivity contribution is 0.0371. The standard InChI is InChI=1S/C7H13O2S/c1-4-7(3,5-2)9-6(8)10/h4-5H2,1-3H3. The lowest BCUT2D eigenvalue weighted by Gasteiger charge is -2.24. The Bertz CT molecular complexity index is 119. The van der Waals surface area contributed by atoms with Crippen molar-refractivity contribution in [3.05, 3.63) is 0 Å². The number of hydrogen-bond acceptors (Lipinski definition) is 2. The van der Waals surface area contributed by atoms with Crippen LogP contribution in [0.15, 0.2) is 0 Å². The molecular weight excluding hydrogens is 148 g/mol. The molecule has 59 valence electrons. The molecule has 0 aromatic heterocycles. The molecule has 0 aromatic rings. The molecule has 0 atom stereocenters. The Kier molecular flexibility index (Phi) is 3.64. The average molecular weight is 161 g/mol. The van der Waals surface area contributed by atoms with Crippen molar-refractivity contribution in [2.45, 2.75) is 39.2 Å². The molecule has 0 amide bonds. The second-order valence-electron chi connectivity index (χ2n) is 2.51. The van der Waals surface area contributed by atoms with Crippen molar-refractivity contribution in [1.29, 1.82) is 0 Å². The first-order valence-electron chi connectivity index (χ1n) is 3.44. The van der Waals surface area contributed by atoms with E-state index in [4.69, 9.17) is 4.74 Å². The summed E-state index contributed by atoms with van der Waals surface area (Å²) in [6, 6.07) is 0. The van der Waals surface area contributed by atoms with Gasteiger partial charge in [-0.1, -0.05) is 13.8 Å². The van der Waals surface area contributed by atoms with E-state index in [1.165, 1.54) is 0 Å². The van der Waals surface area contributed by atoms with Gasteiger partial charge in [-0.05, 0) is 19.8 Å². The monoisotopic (exact) mass is 161 g/mol. The molecule has 1 radical (unpaired) electrons. The molecule has 0 saturated carbocycles. The fourth-order valence-corrected chi connectivity index (χ4v) is 0.797. The first-order chi connectivity index (χ1) is 4.54. The van der Waals surface area contributed by atoms with E-state index < -0.39 is 5.30 Å². The Morgan fingerprint density at radius 1 is 1.50 bits per heavy atom. The van der Waals surface area contributed by atoms with E-state index in [1.54, 1.807) is 0 Å². The predicted molar refractivity (Wildman–Crippen MR) is 43.1 cm³/mol. The third kappa shape index (κ3) is 3.01. The molecule has 0 spiro atoms. The summed E-state index contributed by atoms with van der Waals surface area (Å²) in [5, 5.41) is -0.605. The van der Waals surface area contributed by atoms with Crippen molar-refractivity contribution in [1.82, 2.24) is 0 Å². The third-order valence-corrected chi connectivity index (χ3v) is 1.91. The van der Waals surface area contributed by atoms with E-state index in [9.17, 15) is 4.79 Å². The van der Waals surface area contributed by atoms with Crippen molar-refractivity contribution in [2.24, 2.45) is 0 Å². The summed E-state index contributed by atoms with van der Waals surface area (Å²) in [6.07, 6.45) is 1.62. The average Bonchev–Trinajstić information content (AvgIpc) is 1.87. The van der Waals surface area contributed by atoms with Crippen molar-refractivity contribution in [2.75, 3.05) is 0 Å². The van der Waals surface area contributed by atoms with Crippen LogP contribution in [0.3, 0.4) is 0 Å². The van der Waals surface area contributed by atoms with Crippen LogP contribution in [0.1, 0.15) is 33.6 Å². The highest BCUT2D eigenvalue weighted by Crippen LogP contribution is 2.20.